The highest BCUT2D eigenvalue weighted by molar-refractivity contribution is 9.09. The number of benzene rings is 1. The number of ether oxygens (including phenoxy) is 2. The minimum atomic E-state index is -0.313. The Balaban J connectivity index is 0.000000711. The van der Waals surface area contributed by atoms with Crippen molar-refractivity contribution < 1.29 is 14.3 Å². The van der Waals surface area contributed by atoms with E-state index in [-0.39, 0.29) is 12.1 Å². The lowest BCUT2D eigenvalue weighted by atomic mass is 10.2. The monoisotopic (exact) mass is 330 g/mol. The van der Waals surface area contributed by atoms with Crippen LogP contribution >= 0.6 is 15.9 Å². The quantitative estimate of drug-likeness (QED) is 0.604. The van der Waals surface area contributed by atoms with Gasteiger partial charge in [-0.1, -0.05) is 35.8 Å². The number of hydrogen-bond donors (Lipinski definition) is 0. The van der Waals surface area contributed by atoms with E-state index in [1.165, 1.54) is 0 Å². The second kappa shape index (κ2) is 9.84. The molecule has 1 aromatic carbocycles. The molecule has 0 aromatic heterocycles. The summed E-state index contributed by atoms with van der Waals surface area (Å²) in [6.07, 6.45) is 0.0995. The molecule has 0 unspecified atom stereocenters. The van der Waals surface area contributed by atoms with Gasteiger partial charge in [-0.3, -0.25) is 0 Å². The lowest BCUT2D eigenvalue weighted by molar-refractivity contribution is 0.0525. The molecule has 3 nitrogen and oxygen atoms in total. The summed E-state index contributed by atoms with van der Waals surface area (Å²) < 4.78 is 10.4. The zero-order valence-corrected chi connectivity index (χ0v) is 13.9. The Morgan fingerprint density at radius 1 is 1.26 bits per heavy atom. The van der Waals surface area contributed by atoms with Crippen molar-refractivity contribution in [1.82, 2.24) is 0 Å². The van der Waals surface area contributed by atoms with Crippen LogP contribution < -0.4 is 4.74 Å². The van der Waals surface area contributed by atoms with Gasteiger partial charge in [-0.2, -0.15) is 0 Å². The highest BCUT2D eigenvalue weighted by Gasteiger charge is 2.07. The van der Waals surface area contributed by atoms with Crippen molar-refractivity contribution in [2.45, 2.75) is 45.5 Å². The molecule has 0 amide bonds. The number of carbonyl (C=O) groups is 1. The molecule has 108 valence electrons. The first-order chi connectivity index (χ1) is 8.86. The van der Waals surface area contributed by atoms with Crippen LogP contribution in [0.15, 0.2) is 24.3 Å². The average Bonchev–Trinajstić information content (AvgIpc) is 2.28. The molecule has 0 fully saturated rings. The lowest BCUT2D eigenvalue weighted by Gasteiger charge is -2.10. The standard InChI is InChI=1S/C12H16O3.C3H7Br/c1-4-14-12(13)10-6-5-7-11(8-10)15-9(2)3;1-3(2)4/h5-9H,4H2,1-3H3;3H,1-2H3. The molecule has 1 rings (SSSR count). The lowest BCUT2D eigenvalue weighted by Crippen LogP contribution is -2.08. The van der Waals surface area contributed by atoms with Crippen molar-refractivity contribution in [3.05, 3.63) is 29.8 Å². The second-order valence-corrected chi connectivity index (χ2v) is 6.26. The molecular weight excluding hydrogens is 308 g/mol. The fourth-order valence-electron chi connectivity index (χ4n) is 1.18. The van der Waals surface area contributed by atoms with E-state index in [9.17, 15) is 4.79 Å². The zero-order valence-electron chi connectivity index (χ0n) is 12.3. The average molecular weight is 331 g/mol. The van der Waals surface area contributed by atoms with Gasteiger partial charge in [0.1, 0.15) is 5.75 Å². The van der Waals surface area contributed by atoms with E-state index in [1.54, 1.807) is 25.1 Å². The fourth-order valence-corrected chi connectivity index (χ4v) is 1.18. The Kier molecular flexibility index (Phi) is 9.31. The van der Waals surface area contributed by atoms with Gasteiger partial charge in [0.25, 0.3) is 0 Å². The first-order valence-corrected chi connectivity index (χ1v) is 7.36. The van der Waals surface area contributed by atoms with Crippen LogP contribution in [0.4, 0.5) is 0 Å². The topological polar surface area (TPSA) is 35.5 Å². The Bertz CT molecular complexity index is 373. The molecule has 0 saturated heterocycles. The van der Waals surface area contributed by atoms with Crippen molar-refractivity contribution in [2.24, 2.45) is 0 Å². The van der Waals surface area contributed by atoms with Gasteiger partial charge in [0.05, 0.1) is 18.3 Å². The summed E-state index contributed by atoms with van der Waals surface area (Å²) in [5, 5.41) is 0. The van der Waals surface area contributed by atoms with Crippen LogP contribution in [0, 0.1) is 0 Å². The number of alkyl halides is 1. The predicted molar refractivity (Wildman–Crippen MR) is 82.2 cm³/mol. The van der Waals surface area contributed by atoms with Gasteiger partial charge >= 0.3 is 5.97 Å². The number of hydrogen-bond acceptors (Lipinski definition) is 3. The molecule has 0 spiro atoms. The summed E-state index contributed by atoms with van der Waals surface area (Å²) in [5.41, 5.74) is 0.523. The van der Waals surface area contributed by atoms with Crippen LogP contribution in [-0.2, 0) is 4.74 Å². The summed E-state index contributed by atoms with van der Waals surface area (Å²) in [6, 6.07) is 7.01. The Labute approximate surface area is 124 Å². The zero-order chi connectivity index (χ0) is 14.8. The third-order valence-corrected chi connectivity index (χ3v) is 1.72. The largest absolute Gasteiger partial charge is 0.491 e. The molecule has 0 radical (unpaired) electrons. The van der Waals surface area contributed by atoms with Crippen LogP contribution in [0.5, 0.6) is 5.75 Å². The van der Waals surface area contributed by atoms with E-state index in [2.05, 4.69) is 29.8 Å². The van der Waals surface area contributed by atoms with Gasteiger partial charge in [-0.25, -0.2) is 4.79 Å². The molecule has 0 aliphatic rings. The van der Waals surface area contributed by atoms with Gasteiger partial charge in [-0.15, -0.1) is 0 Å². The molecule has 0 atom stereocenters. The first-order valence-electron chi connectivity index (χ1n) is 6.44. The first kappa shape index (κ1) is 18.0. The number of rotatable bonds is 4. The van der Waals surface area contributed by atoms with Gasteiger partial charge in [0, 0.05) is 4.83 Å². The molecule has 1 aromatic rings. The minimum absolute atomic E-state index is 0.0995. The highest BCUT2D eigenvalue weighted by Crippen LogP contribution is 2.15. The third kappa shape index (κ3) is 9.54. The minimum Gasteiger partial charge on any atom is -0.491 e. The van der Waals surface area contributed by atoms with E-state index in [0.717, 1.165) is 0 Å². The van der Waals surface area contributed by atoms with Crippen molar-refractivity contribution in [3.8, 4) is 5.75 Å². The fraction of sp³-hybridized carbons (Fsp3) is 0.533. The molecule has 0 aliphatic carbocycles. The van der Waals surface area contributed by atoms with Crippen molar-refractivity contribution >= 4 is 21.9 Å². The smallest absolute Gasteiger partial charge is 0.338 e. The van der Waals surface area contributed by atoms with Crippen molar-refractivity contribution in [2.75, 3.05) is 6.61 Å². The van der Waals surface area contributed by atoms with Crippen LogP contribution in [0.1, 0.15) is 45.0 Å². The third-order valence-electron chi connectivity index (χ3n) is 1.72. The van der Waals surface area contributed by atoms with Crippen LogP contribution in [0.2, 0.25) is 0 Å². The predicted octanol–water partition coefficient (Wildman–Crippen LogP) is 4.44. The summed E-state index contributed by atoms with van der Waals surface area (Å²) in [4.78, 5) is 12.1. The summed E-state index contributed by atoms with van der Waals surface area (Å²) in [5.74, 6) is 0.377. The molecule has 0 bridgehead atoms. The van der Waals surface area contributed by atoms with Gasteiger partial charge in [-0.05, 0) is 39.0 Å². The van der Waals surface area contributed by atoms with Gasteiger partial charge < -0.3 is 9.47 Å². The molecule has 0 heterocycles. The molecule has 4 heteroatoms. The van der Waals surface area contributed by atoms with Gasteiger partial charge in [0.15, 0.2) is 0 Å². The number of carbonyl (C=O) groups excluding carboxylic acids is 1. The van der Waals surface area contributed by atoms with Crippen LogP contribution in [0.25, 0.3) is 0 Å². The van der Waals surface area contributed by atoms with E-state index < -0.39 is 0 Å². The number of esters is 1. The Hall–Kier alpha value is -1.03. The summed E-state index contributed by atoms with van der Waals surface area (Å²) in [7, 11) is 0. The summed E-state index contributed by atoms with van der Waals surface area (Å²) in [6.45, 7) is 10.2. The molecule has 19 heavy (non-hydrogen) atoms. The Morgan fingerprint density at radius 2 is 1.84 bits per heavy atom. The highest BCUT2D eigenvalue weighted by atomic mass is 79.9. The maximum absolute atomic E-state index is 11.4. The van der Waals surface area contributed by atoms with Gasteiger partial charge in [0.2, 0.25) is 0 Å². The van der Waals surface area contributed by atoms with E-state index >= 15 is 0 Å². The summed E-state index contributed by atoms with van der Waals surface area (Å²) >= 11 is 3.27. The van der Waals surface area contributed by atoms with E-state index in [0.29, 0.717) is 22.7 Å². The van der Waals surface area contributed by atoms with Crippen molar-refractivity contribution in [1.29, 1.82) is 0 Å². The van der Waals surface area contributed by atoms with Crippen LogP contribution in [0.3, 0.4) is 0 Å². The van der Waals surface area contributed by atoms with Crippen LogP contribution in [-0.4, -0.2) is 23.5 Å². The molecule has 0 N–H and O–H groups in total. The van der Waals surface area contributed by atoms with Crippen molar-refractivity contribution in [3.63, 3.8) is 0 Å². The maximum atomic E-state index is 11.4. The normalized spacial score (nSPS) is 9.89. The number of halogens is 1. The molecular formula is C15H23BrO3. The maximum Gasteiger partial charge on any atom is 0.338 e. The Morgan fingerprint density at radius 3 is 2.32 bits per heavy atom. The van der Waals surface area contributed by atoms with E-state index in [1.807, 2.05) is 19.9 Å². The molecule has 0 aliphatic heterocycles. The molecule has 0 saturated carbocycles. The van der Waals surface area contributed by atoms with E-state index in [4.69, 9.17) is 9.47 Å². The second-order valence-electron chi connectivity index (χ2n) is 4.43. The SMILES string of the molecule is CC(C)Br.CCOC(=O)c1cccc(OC(C)C)c1.